The summed E-state index contributed by atoms with van der Waals surface area (Å²) in [5, 5.41) is 20.0. The van der Waals surface area contributed by atoms with Gasteiger partial charge in [0.2, 0.25) is 0 Å². The van der Waals surface area contributed by atoms with Crippen LogP contribution in [-0.2, 0) is 0 Å². The van der Waals surface area contributed by atoms with Crippen molar-refractivity contribution in [2.45, 2.75) is 13.0 Å². The molecule has 0 amide bonds. The highest BCUT2D eigenvalue weighted by Crippen LogP contribution is 2.48. The number of allylic oxidation sites excluding steroid dienone is 1. The number of hydrogen-bond donors (Lipinski definition) is 2. The number of benzene rings is 3. The molecule has 1 fully saturated rings. The minimum atomic E-state index is -0.639. The Bertz CT molecular complexity index is 1250. The molecule has 1 saturated heterocycles. The SMILES string of the molecule is CC1=C(c2cccc(O)c2)C(c2ccc(OCCN3CC(CF)C3)cc2)Oc2c(F)cc(O)cc21. The molecule has 1 atom stereocenters. The molecule has 2 N–H and O–H groups in total. The van der Waals surface area contributed by atoms with Gasteiger partial charge in [-0.25, -0.2) is 4.39 Å². The number of aromatic hydroxyl groups is 2. The summed E-state index contributed by atoms with van der Waals surface area (Å²) in [4.78, 5) is 2.16. The summed E-state index contributed by atoms with van der Waals surface area (Å²) in [6, 6.07) is 16.8. The smallest absolute Gasteiger partial charge is 0.169 e. The van der Waals surface area contributed by atoms with Gasteiger partial charge in [0.25, 0.3) is 0 Å². The van der Waals surface area contributed by atoms with Crippen molar-refractivity contribution in [3.8, 4) is 23.0 Å². The van der Waals surface area contributed by atoms with Gasteiger partial charge in [-0.3, -0.25) is 9.29 Å². The number of alkyl halides is 1. The van der Waals surface area contributed by atoms with Crippen molar-refractivity contribution < 1.29 is 28.5 Å². The Kier molecular flexibility index (Phi) is 6.34. The van der Waals surface area contributed by atoms with Crippen molar-refractivity contribution in [1.82, 2.24) is 4.90 Å². The fraction of sp³-hybridized carbons (Fsp3) is 0.286. The maximum Gasteiger partial charge on any atom is 0.169 e. The summed E-state index contributed by atoms with van der Waals surface area (Å²) < 4.78 is 39.3. The average molecular weight is 480 g/mol. The lowest BCUT2D eigenvalue weighted by Gasteiger charge is -2.37. The molecule has 2 aliphatic heterocycles. The molecular weight excluding hydrogens is 452 g/mol. The zero-order valence-electron chi connectivity index (χ0n) is 19.4. The van der Waals surface area contributed by atoms with Crippen molar-refractivity contribution in [3.63, 3.8) is 0 Å². The normalized spacial score (nSPS) is 18.1. The number of hydrogen-bond acceptors (Lipinski definition) is 5. The third-order valence-electron chi connectivity index (χ3n) is 6.60. The Morgan fingerprint density at radius 1 is 1.03 bits per heavy atom. The van der Waals surface area contributed by atoms with Crippen LogP contribution in [0.1, 0.15) is 29.7 Å². The van der Waals surface area contributed by atoms with Crippen molar-refractivity contribution in [1.29, 1.82) is 0 Å². The summed E-state index contributed by atoms with van der Waals surface area (Å²) in [6.45, 7) is 4.39. The Morgan fingerprint density at radius 2 is 1.80 bits per heavy atom. The predicted molar refractivity (Wildman–Crippen MR) is 130 cm³/mol. The molecule has 0 aliphatic carbocycles. The van der Waals surface area contributed by atoms with Gasteiger partial charge >= 0.3 is 0 Å². The minimum absolute atomic E-state index is 0.0793. The number of likely N-dealkylation sites (tertiary alicyclic amines) is 1. The minimum Gasteiger partial charge on any atom is -0.508 e. The molecule has 0 aromatic heterocycles. The molecule has 0 saturated carbocycles. The van der Waals surface area contributed by atoms with Crippen LogP contribution in [0.15, 0.2) is 60.7 Å². The first-order chi connectivity index (χ1) is 16.9. The van der Waals surface area contributed by atoms with E-state index in [2.05, 4.69) is 4.90 Å². The largest absolute Gasteiger partial charge is 0.508 e. The molecule has 35 heavy (non-hydrogen) atoms. The maximum absolute atomic E-state index is 14.7. The lowest BCUT2D eigenvalue weighted by atomic mass is 9.86. The highest BCUT2D eigenvalue weighted by Gasteiger charge is 2.32. The number of fused-ring (bicyclic) bond motifs is 1. The molecule has 0 radical (unpaired) electrons. The van der Waals surface area contributed by atoms with Crippen LogP contribution in [0.5, 0.6) is 23.0 Å². The highest BCUT2D eigenvalue weighted by atomic mass is 19.1. The van der Waals surface area contributed by atoms with Crippen LogP contribution in [0.4, 0.5) is 8.78 Å². The summed E-state index contributed by atoms with van der Waals surface area (Å²) in [5.74, 6) is 0.219. The zero-order valence-corrected chi connectivity index (χ0v) is 19.4. The fourth-order valence-corrected chi connectivity index (χ4v) is 4.76. The van der Waals surface area contributed by atoms with Crippen LogP contribution in [0.25, 0.3) is 11.1 Å². The monoisotopic (exact) mass is 479 g/mol. The van der Waals surface area contributed by atoms with E-state index in [9.17, 15) is 19.0 Å². The van der Waals surface area contributed by atoms with E-state index in [4.69, 9.17) is 9.47 Å². The third kappa shape index (κ3) is 4.68. The Hall–Kier alpha value is -3.58. The van der Waals surface area contributed by atoms with Crippen LogP contribution in [-0.4, -0.2) is 48.0 Å². The lowest BCUT2D eigenvalue weighted by Crippen LogP contribution is -2.49. The van der Waals surface area contributed by atoms with Crippen LogP contribution < -0.4 is 9.47 Å². The predicted octanol–water partition coefficient (Wildman–Crippen LogP) is 5.58. The standard InChI is InChI=1S/C28H27F2NO4/c1-17-24-12-22(33)13-25(30)28(24)35-27(26(17)20-3-2-4-21(32)11-20)19-5-7-23(8-6-19)34-10-9-31-15-18(14-29)16-31/h2-8,11-13,18,27,32-33H,9-10,14-16H2,1H3. The molecule has 3 aromatic carbocycles. The number of rotatable bonds is 7. The Morgan fingerprint density at radius 3 is 2.51 bits per heavy atom. The molecule has 2 aliphatic rings. The molecule has 7 heteroatoms. The Balaban J connectivity index is 1.41. The summed E-state index contributed by atoms with van der Waals surface area (Å²) in [7, 11) is 0. The maximum atomic E-state index is 14.7. The summed E-state index contributed by atoms with van der Waals surface area (Å²) in [5.41, 5.74) is 3.52. The third-order valence-corrected chi connectivity index (χ3v) is 6.60. The van der Waals surface area contributed by atoms with Gasteiger partial charge < -0.3 is 19.7 Å². The lowest BCUT2D eigenvalue weighted by molar-refractivity contribution is 0.0668. The molecule has 5 rings (SSSR count). The van der Waals surface area contributed by atoms with Gasteiger partial charge in [-0.2, -0.15) is 0 Å². The van der Waals surface area contributed by atoms with E-state index in [-0.39, 0.29) is 29.8 Å². The Labute approximate surface area is 202 Å². The second-order valence-electron chi connectivity index (χ2n) is 9.09. The quantitative estimate of drug-likeness (QED) is 0.463. The molecular formula is C28H27F2NO4. The second-order valence-corrected chi connectivity index (χ2v) is 9.09. The first kappa shape index (κ1) is 23.2. The van der Waals surface area contributed by atoms with Crippen LogP contribution in [0.3, 0.4) is 0 Å². The fourth-order valence-electron chi connectivity index (χ4n) is 4.76. The van der Waals surface area contributed by atoms with Crippen molar-refractivity contribution in [3.05, 3.63) is 83.2 Å². The highest BCUT2D eigenvalue weighted by molar-refractivity contribution is 5.96. The van der Waals surface area contributed by atoms with Crippen molar-refractivity contribution >= 4 is 11.1 Å². The van der Waals surface area contributed by atoms with Gasteiger partial charge in [-0.15, -0.1) is 0 Å². The number of phenols is 2. The van der Waals surface area contributed by atoms with Gasteiger partial charge in [0.05, 0.1) is 6.67 Å². The first-order valence-electron chi connectivity index (χ1n) is 11.6. The molecule has 0 bridgehead atoms. The van der Waals surface area contributed by atoms with Gasteiger partial charge in [-0.05, 0) is 54.0 Å². The number of halogens is 2. The number of ether oxygens (including phenoxy) is 2. The van der Waals surface area contributed by atoms with Gasteiger partial charge in [0.15, 0.2) is 11.6 Å². The molecule has 5 nitrogen and oxygen atoms in total. The number of nitrogens with zero attached hydrogens (tertiary/aromatic N) is 1. The van der Waals surface area contributed by atoms with E-state index >= 15 is 0 Å². The molecule has 2 heterocycles. The molecule has 3 aromatic rings. The van der Waals surface area contributed by atoms with E-state index in [1.54, 1.807) is 18.2 Å². The van der Waals surface area contributed by atoms with Crippen molar-refractivity contribution in [2.75, 3.05) is 32.9 Å². The van der Waals surface area contributed by atoms with E-state index in [0.717, 1.165) is 48.0 Å². The average Bonchev–Trinajstić information content (AvgIpc) is 2.81. The zero-order chi connectivity index (χ0) is 24.5. The summed E-state index contributed by atoms with van der Waals surface area (Å²) in [6.07, 6.45) is -0.629. The molecule has 1 unspecified atom stereocenters. The molecule has 182 valence electrons. The number of phenolic OH excluding ortho intramolecular Hbond substituents is 2. The van der Waals surface area contributed by atoms with Gasteiger partial charge in [0.1, 0.15) is 30.0 Å². The van der Waals surface area contributed by atoms with Gasteiger partial charge in [0, 0.05) is 42.8 Å². The van der Waals surface area contributed by atoms with E-state index in [0.29, 0.717) is 17.9 Å². The van der Waals surface area contributed by atoms with Crippen LogP contribution in [0, 0.1) is 11.7 Å². The second kappa shape index (κ2) is 9.58. The molecule has 0 spiro atoms. The van der Waals surface area contributed by atoms with Gasteiger partial charge in [-0.1, -0.05) is 24.3 Å². The van der Waals surface area contributed by atoms with Crippen LogP contribution in [0.2, 0.25) is 0 Å². The summed E-state index contributed by atoms with van der Waals surface area (Å²) >= 11 is 0. The van der Waals surface area contributed by atoms with E-state index in [1.165, 1.54) is 6.07 Å². The van der Waals surface area contributed by atoms with E-state index < -0.39 is 11.9 Å². The van der Waals surface area contributed by atoms with Crippen molar-refractivity contribution in [2.24, 2.45) is 5.92 Å². The van der Waals surface area contributed by atoms with E-state index in [1.807, 2.05) is 37.3 Å². The first-order valence-corrected chi connectivity index (χ1v) is 11.6. The topological polar surface area (TPSA) is 62.2 Å². The van der Waals surface area contributed by atoms with Crippen LogP contribution >= 0.6 is 0 Å².